The lowest BCUT2D eigenvalue weighted by Crippen LogP contribution is -2.19. The normalized spacial score (nSPS) is 10.9. The van der Waals surface area contributed by atoms with Gasteiger partial charge in [0.15, 0.2) is 0 Å². The zero-order chi connectivity index (χ0) is 21.7. The predicted molar refractivity (Wildman–Crippen MR) is 111 cm³/mol. The second kappa shape index (κ2) is 8.75. The molecule has 30 heavy (non-hydrogen) atoms. The van der Waals surface area contributed by atoms with Gasteiger partial charge >= 0.3 is 0 Å². The van der Waals surface area contributed by atoms with Gasteiger partial charge in [0.2, 0.25) is 0 Å². The summed E-state index contributed by atoms with van der Waals surface area (Å²) in [5, 5.41) is 5.11. The maximum atomic E-state index is 13.8. The minimum Gasteiger partial charge on any atom is -0.355 e. The molecule has 3 aromatic rings. The molecule has 0 radical (unpaired) electrons. The molecule has 0 aliphatic carbocycles. The first-order valence-corrected chi connectivity index (χ1v) is 10.3. The largest absolute Gasteiger partial charge is 0.355 e. The Morgan fingerprint density at radius 3 is 2.20 bits per heavy atom. The van der Waals surface area contributed by atoms with Crippen LogP contribution in [0, 0.1) is 5.82 Å². The van der Waals surface area contributed by atoms with Gasteiger partial charge in [-0.05, 0) is 48.5 Å². The van der Waals surface area contributed by atoms with Crippen LogP contribution in [0.4, 0.5) is 15.8 Å². The molecule has 0 unspecified atom stereocenters. The zero-order valence-electron chi connectivity index (χ0n) is 15.8. The molecule has 0 aliphatic rings. The van der Waals surface area contributed by atoms with Crippen LogP contribution in [0.5, 0.6) is 0 Å². The van der Waals surface area contributed by atoms with Gasteiger partial charge in [0.1, 0.15) is 5.82 Å². The molecule has 0 fully saturated rings. The smallest absolute Gasteiger partial charge is 0.262 e. The van der Waals surface area contributed by atoms with E-state index < -0.39 is 21.7 Å². The van der Waals surface area contributed by atoms with Crippen LogP contribution in [-0.2, 0) is 10.0 Å². The number of anilines is 2. The molecule has 7 nitrogen and oxygen atoms in total. The number of carbonyl (C=O) groups is 2. The molecule has 2 amide bonds. The molecule has 3 aromatic carbocycles. The molecule has 9 heteroatoms. The third-order valence-corrected chi connectivity index (χ3v) is 5.50. The van der Waals surface area contributed by atoms with Crippen molar-refractivity contribution in [3.63, 3.8) is 0 Å². The summed E-state index contributed by atoms with van der Waals surface area (Å²) in [6.07, 6.45) is 0. The number of amides is 2. The van der Waals surface area contributed by atoms with E-state index in [2.05, 4.69) is 15.4 Å². The minimum absolute atomic E-state index is 0.0803. The molecule has 3 rings (SSSR count). The Morgan fingerprint density at radius 2 is 1.50 bits per heavy atom. The summed E-state index contributed by atoms with van der Waals surface area (Å²) in [4.78, 5) is 24.1. The fraction of sp³-hybridized carbons (Fsp3) is 0.0476. The quantitative estimate of drug-likeness (QED) is 0.562. The average molecular weight is 427 g/mol. The van der Waals surface area contributed by atoms with Crippen LogP contribution in [0.2, 0.25) is 0 Å². The van der Waals surface area contributed by atoms with E-state index in [0.717, 1.165) is 6.07 Å². The Hall–Kier alpha value is -3.72. The number of hydrogen-bond donors (Lipinski definition) is 3. The highest BCUT2D eigenvalue weighted by Crippen LogP contribution is 2.20. The van der Waals surface area contributed by atoms with Gasteiger partial charge in [0.05, 0.1) is 10.6 Å². The second-order valence-corrected chi connectivity index (χ2v) is 7.91. The van der Waals surface area contributed by atoms with Crippen LogP contribution >= 0.6 is 0 Å². The van der Waals surface area contributed by atoms with Crippen LogP contribution in [0.15, 0.2) is 77.7 Å². The summed E-state index contributed by atoms with van der Waals surface area (Å²) in [6.45, 7) is 0. The van der Waals surface area contributed by atoms with Crippen molar-refractivity contribution in [3.05, 3.63) is 89.7 Å². The van der Waals surface area contributed by atoms with Crippen molar-refractivity contribution < 1.29 is 22.4 Å². The fourth-order valence-electron chi connectivity index (χ4n) is 2.64. The molecule has 0 bridgehead atoms. The SMILES string of the molecule is CNC(=O)c1cccc(NC(=O)c2cccc(S(=O)(=O)Nc3ccccc3F)c2)c1. The Balaban J connectivity index is 1.82. The molecule has 0 saturated carbocycles. The summed E-state index contributed by atoms with van der Waals surface area (Å²) < 4.78 is 41.1. The Bertz CT molecular complexity index is 1210. The van der Waals surface area contributed by atoms with Crippen molar-refractivity contribution >= 4 is 33.2 Å². The molecule has 0 aromatic heterocycles. The molecule has 0 heterocycles. The topological polar surface area (TPSA) is 104 Å². The highest BCUT2D eigenvalue weighted by molar-refractivity contribution is 7.92. The number of halogens is 1. The number of carbonyl (C=O) groups excluding carboxylic acids is 2. The van der Waals surface area contributed by atoms with E-state index >= 15 is 0 Å². The van der Waals surface area contributed by atoms with E-state index in [-0.39, 0.29) is 22.1 Å². The van der Waals surface area contributed by atoms with Crippen molar-refractivity contribution in [1.29, 1.82) is 0 Å². The number of nitrogens with one attached hydrogen (secondary N) is 3. The molecule has 154 valence electrons. The average Bonchev–Trinajstić information content (AvgIpc) is 2.75. The van der Waals surface area contributed by atoms with Gasteiger partial charge in [-0.25, -0.2) is 12.8 Å². The van der Waals surface area contributed by atoms with Gasteiger partial charge in [-0.15, -0.1) is 0 Å². The van der Waals surface area contributed by atoms with Crippen molar-refractivity contribution in [1.82, 2.24) is 5.32 Å². The number of rotatable bonds is 6. The Morgan fingerprint density at radius 1 is 0.833 bits per heavy atom. The number of hydrogen-bond acceptors (Lipinski definition) is 4. The molecular weight excluding hydrogens is 409 g/mol. The summed E-state index contributed by atoms with van der Waals surface area (Å²) in [6, 6.07) is 17.0. The van der Waals surface area contributed by atoms with E-state index in [0.29, 0.717) is 11.3 Å². The zero-order valence-corrected chi connectivity index (χ0v) is 16.7. The van der Waals surface area contributed by atoms with E-state index in [4.69, 9.17) is 0 Å². The van der Waals surface area contributed by atoms with E-state index in [1.54, 1.807) is 18.2 Å². The van der Waals surface area contributed by atoms with E-state index in [9.17, 15) is 22.4 Å². The number of sulfonamides is 1. The van der Waals surface area contributed by atoms with Crippen LogP contribution < -0.4 is 15.4 Å². The highest BCUT2D eigenvalue weighted by atomic mass is 32.2. The Labute approximate surface area is 173 Å². The van der Waals surface area contributed by atoms with Crippen molar-refractivity contribution in [2.75, 3.05) is 17.1 Å². The lowest BCUT2D eigenvalue weighted by Gasteiger charge is -2.11. The van der Waals surface area contributed by atoms with Crippen molar-refractivity contribution in [2.24, 2.45) is 0 Å². The summed E-state index contributed by atoms with van der Waals surface area (Å²) in [5.74, 6) is -1.59. The van der Waals surface area contributed by atoms with Crippen LogP contribution in [-0.4, -0.2) is 27.3 Å². The molecule has 0 spiro atoms. The van der Waals surface area contributed by atoms with Crippen LogP contribution in [0.25, 0.3) is 0 Å². The van der Waals surface area contributed by atoms with Gasteiger partial charge in [0, 0.05) is 23.9 Å². The molecular formula is C21H18FN3O4S. The first kappa shape index (κ1) is 21.0. The van der Waals surface area contributed by atoms with Crippen molar-refractivity contribution in [2.45, 2.75) is 4.90 Å². The standard InChI is InChI=1S/C21H18FN3O4S/c1-23-20(26)14-6-4-8-16(12-14)24-21(27)15-7-5-9-17(13-15)30(28,29)25-19-11-3-2-10-18(19)22/h2-13,25H,1H3,(H,23,26)(H,24,27). The third-order valence-electron chi connectivity index (χ3n) is 4.13. The van der Waals surface area contributed by atoms with E-state index in [1.165, 1.54) is 55.6 Å². The van der Waals surface area contributed by atoms with Gasteiger partial charge in [0.25, 0.3) is 21.8 Å². The number of benzene rings is 3. The molecule has 0 atom stereocenters. The minimum atomic E-state index is -4.11. The lowest BCUT2D eigenvalue weighted by atomic mass is 10.1. The molecule has 0 aliphatic heterocycles. The third kappa shape index (κ3) is 4.81. The van der Waals surface area contributed by atoms with Gasteiger partial charge in [-0.1, -0.05) is 24.3 Å². The van der Waals surface area contributed by atoms with E-state index in [1.807, 2.05) is 0 Å². The molecule has 0 saturated heterocycles. The summed E-state index contributed by atoms with van der Waals surface area (Å²) in [7, 11) is -2.61. The van der Waals surface area contributed by atoms with Gasteiger partial charge in [-0.2, -0.15) is 0 Å². The highest BCUT2D eigenvalue weighted by Gasteiger charge is 2.18. The van der Waals surface area contributed by atoms with Crippen LogP contribution in [0.3, 0.4) is 0 Å². The predicted octanol–water partition coefficient (Wildman–Crippen LogP) is 3.24. The fourth-order valence-corrected chi connectivity index (χ4v) is 3.75. The van der Waals surface area contributed by atoms with Gasteiger partial charge in [-0.3, -0.25) is 14.3 Å². The molecule has 3 N–H and O–H groups in total. The Kier molecular flexibility index (Phi) is 6.12. The first-order chi connectivity index (χ1) is 14.3. The summed E-state index contributed by atoms with van der Waals surface area (Å²) >= 11 is 0. The van der Waals surface area contributed by atoms with Crippen LogP contribution in [0.1, 0.15) is 20.7 Å². The monoisotopic (exact) mass is 427 g/mol. The first-order valence-electron chi connectivity index (χ1n) is 8.81. The van der Waals surface area contributed by atoms with Crippen molar-refractivity contribution in [3.8, 4) is 0 Å². The second-order valence-electron chi connectivity index (χ2n) is 6.23. The maximum Gasteiger partial charge on any atom is 0.262 e. The maximum absolute atomic E-state index is 13.8. The van der Waals surface area contributed by atoms with Gasteiger partial charge < -0.3 is 10.6 Å². The lowest BCUT2D eigenvalue weighted by molar-refractivity contribution is 0.0961. The number of para-hydroxylation sites is 1. The summed E-state index contributed by atoms with van der Waals surface area (Å²) in [5.41, 5.74) is 0.620.